The molecule has 0 amide bonds. The summed E-state index contributed by atoms with van der Waals surface area (Å²) in [5, 5.41) is 3.42. The highest BCUT2D eigenvalue weighted by molar-refractivity contribution is 5.36. The molecule has 0 saturated heterocycles. The van der Waals surface area contributed by atoms with Gasteiger partial charge in [0.25, 0.3) is 0 Å². The Morgan fingerprint density at radius 3 is 2.79 bits per heavy atom. The van der Waals surface area contributed by atoms with Crippen LogP contribution < -0.4 is 10.1 Å². The molecule has 0 radical (unpaired) electrons. The van der Waals surface area contributed by atoms with Crippen molar-refractivity contribution < 1.29 is 13.5 Å². The van der Waals surface area contributed by atoms with Gasteiger partial charge in [-0.25, -0.2) is 4.39 Å². The normalized spacial score (nSPS) is 12.4. The zero-order chi connectivity index (χ0) is 13.7. The quantitative estimate of drug-likeness (QED) is 0.866. The van der Waals surface area contributed by atoms with Crippen molar-refractivity contribution in [3.8, 4) is 5.75 Å². The van der Waals surface area contributed by atoms with Crippen LogP contribution >= 0.6 is 0 Å². The molecule has 1 aromatic carbocycles. The summed E-state index contributed by atoms with van der Waals surface area (Å²) >= 11 is 0. The van der Waals surface area contributed by atoms with E-state index in [4.69, 9.17) is 9.15 Å². The number of rotatable bonds is 6. The summed E-state index contributed by atoms with van der Waals surface area (Å²) in [6.45, 7) is 2.97. The van der Waals surface area contributed by atoms with Gasteiger partial charge in [0.1, 0.15) is 0 Å². The topological polar surface area (TPSA) is 34.4 Å². The number of ether oxygens (including phenoxy) is 1. The molecule has 0 bridgehead atoms. The number of halogens is 1. The lowest BCUT2D eigenvalue weighted by Gasteiger charge is -2.18. The molecule has 1 atom stereocenters. The Morgan fingerprint density at radius 2 is 2.16 bits per heavy atom. The molecule has 3 nitrogen and oxygen atoms in total. The predicted octanol–water partition coefficient (Wildman–Crippen LogP) is 3.52. The van der Waals surface area contributed by atoms with Crippen LogP contribution in [-0.4, -0.2) is 13.7 Å². The summed E-state index contributed by atoms with van der Waals surface area (Å²) in [6, 6.07) is 6.79. The third kappa shape index (κ3) is 3.15. The van der Waals surface area contributed by atoms with Gasteiger partial charge < -0.3 is 14.5 Å². The molecular formula is C15H18FNO2. The smallest absolute Gasteiger partial charge is 0.165 e. The lowest BCUT2D eigenvalue weighted by Crippen LogP contribution is -2.22. The van der Waals surface area contributed by atoms with Crippen LogP contribution in [0.15, 0.2) is 41.2 Å². The first-order valence-electron chi connectivity index (χ1n) is 6.35. The highest BCUT2D eigenvalue weighted by atomic mass is 19.1. The van der Waals surface area contributed by atoms with Gasteiger partial charge in [-0.15, -0.1) is 0 Å². The van der Waals surface area contributed by atoms with Crippen molar-refractivity contribution in [2.75, 3.05) is 13.7 Å². The molecule has 0 saturated carbocycles. The highest BCUT2D eigenvalue weighted by Gasteiger charge is 2.16. The number of methoxy groups -OCH3 is 1. The van der Waals surface area contributed by atoms with Crippen LogP contribution in [0.1, 0.15) is 30.5 Å². The second-order valence-electron chi connectivity index (χ2n) is 4.34. The monoisotopic (exact) mass is 263 g/mol. The molecule has 2 rings (SSSR count). The minimum Gasteiger partial charge on any atom is -0.494 e. The van der Waals surface area contributed by atoms with E-state index in [1.165, 1.54) is 13.2 Å². The Balaban J connectivity index is 2.32. The van der Waals surface area contributed by atoms with Crippen molar-refractivity contribution >= 4 is 0 Å². The molecule has 1 aromatic heterocycles. The number of hydrogen-bond acceptors (Lipinski definition) is 3. The van der Waals surface area contributed by atoms with Crippen LogP contribution in [0.25, 0.3) is 0 Å². The second-order valence-corrected chi connectivity index (χ2v) is 4.34. The summed E-state index contributed by atoms with van der Waals surface area (Å²) in [6.07, 6.45) is 4.35. The summed E-state index contributed by atoms with van der Waals surface area (Å²) in [7, 11) is 1.47. The van der Waals surface area contributed by atoms with E-state index in [1.807, 2.05) is 6.07 Å². The van der Waals surface area contributed by atoms with Gasteiger partial charge in [-0.05, 0) is 36.7 Å². The number of furan rings is 1. The number of nitrogens with one attached hydrogen (secondary N) is 1. The Labute approximate surface area is 112 Å². The average molecular weight is 263 g/mol. The van der Waals surface area contributed by atoms with Gasteiger partial charge in [-0.3, -0.25) is 0 Å². The Bertz CT molecular complexity index is 511. The van der Waals surface area contributed by atoms with Crippen molar-refractivity contribution in [1.82, 2.24) is 5.32 Å². The first kappa shape index (κ1) is 13.6. The molecule has 0 aliphatic heterocycles. The van der Waals surface area contributed by atoms with Crippen LogP contribution in [0.3, 0.4) is 0 Å². The van der Waals surface area contributed by atoms with Crippen LogP contribution in [0, 0.1) is 5.82 Å². The largest absolute Gasteiger partial charge is 0.494 e. The third-order valence-electron chi connectivity index (χ3n) is 2.98. The van der Waals surface area contributed by atoms with Crippen LogP contribution in [-0.2, 0) is 0 Å². The minimum atomic E-state index is -0.354. The summed E-state index contributed by atoms with van der Waals surface area (Å²) in [5.41, 5.74) is 1.97. The zero-order valence-electron chi connectivity index (χ0n) is 11.2. The van der Waals surface area contributed by atoms with E-state index in [-0.39, 0.29) is 17.6 Å². The Hall–Kier alpha value is -1.81. The van der Waals surface area contributed by atoms with E-state index >= 15 is 0 Å². The van der Waals surface area contributed by atoms with Crippen LogP contribution in [0.5, 0.6) is 5.75 Å². The van der Waals surface area contributed by atoms with Gasteiger partial charge >= 0.3 is 0 Å². The molecule has 102 valence electrons. The lowest BCUT2D eigenvalue weighted by atomic mass is 10.0. The van der Waals surface area contributed by atoms with Gasteiger partial charge in [0.05, 0.1) is 25.7 Å². The fraction of sp³-hybridized carbons (Fsp3) is 0.333. The highest BCUT2D eigenvalue weighted by Crippen LogP contribution is 2.27. The second kappa shape index (κ2) is 6.38. The Morgan fingerprint density at radius 1 is 1.32 bits per heavy atom. The zero-order valence-corrected chi connectivity index (χ0v) is 11.2. The molecule has 0 aliphatic rings. The maximum Gasteiger partial charge on any atom is 0.165 e. The standard InChI is InChI=1S/C15H18FNO2/c1-3-7-17-15(12-6-8-19-10-12)11-4-5-13(16)14(9-11)18-2/h4-6,8-10,15,17H,3,7H2,1-2H3. The van der Waals surface area contributed by atoms with E-state index in [9.17, 15) is 4.39 Å². The molecule has 1 unspecified atom stereocenters. The fourth-order valence-corrected chi connectivity index (χ4v) is 2.01. The van der Waals surface area contributed by atoms with Crippen LogP contribution in [0.4, 0.5) is 4.39 Å². The molecule has 0 fully saturated rings. The van der Waals surface area contributed by atoms with Gasteiger partial charge in [0.2, 0.25) is 0 Å². The van der Waals surface area contributed by atoms with Crippen molar-refractivity contribution in [2.24, 2.45) is 0 Å². The van der Waals surface area contributed by atoms with E-state index < -0.39 is 0 Å². The molecule has 0 spiro atoms. The van der Waals surface area contributed by atoms with Crippen LogP contribution in [0.2, 0.25) is 0 Å². The average Bonchev–Trinajstić information content (AvgIpc) is 2.95. The maximum absolute atomic E-state index is 13.5. The molecule has 0 aliphatic carbocycles. The van der Waals surface area contributed by atoms with Gasteiger partial charge in [0.15, 0.2) is 11.6 Å². The van der Waals surface area contributed by atoms with E-state index in [0.29, 0.717) is 0 Å². The Kier molecular flexibility index (Phi) is 4.58. The molecule has 19 heavy (non-hydrogen) atoms. The third-order valence-corrected chi connectivity index (χ3v) is 2.98. The van der Waals surface area contributed by atoms with Gasteiger partial charge in [0, 0.05) is 5.56 Å². The van der Waals surface area contributed by atoms with E-state index in [0.717, 1.165) is 24.1 Å². The summed E-state index contributed by atoms with van der Waals surface area (Å²) in [4.78, 5) is 0. The van der Waals surface area contributed by atoms with Gasteiger partial charge in [-0.2, -0.15) is 0 Å². The van der Waals surface area contributed by atoms with Crippen molar-refractivity contribution in [3.63, 3.8) is 0 Å². The van der Waals surface area contributed by atoms with Crippen molar-refractivity contribution in [1.29, 1.82) is 0 Å². The summed E-state index contributed by atoms with van der Waals surface area (Å²) < 4.78 is 23.6. The minimum absolute atomic E-state index is 0.0202. The number of benzene rings is 1. The lowest BCUT2D eigenvalue weighted by molar-refractivity contribution is 0.385. The molecule has 1 N–H and O–H groups in total. The first-order chi connectivity index (χ1) is 9.26. The van der Waals surface area contributed by atoms with E-state index in [1.54, 1.807) is 24.7 Å². The van der Waals surface area contributed by atoms with Crippen molar-refractivity contribution in [3.05, 3.63) is 53.7 Å². The molecule has 1 heterocycles. The molecular weight excluding hydrogens is 245 g/mol. The van der Waals surface area contributed by atoms with E-state index in [2.05, 4.69) is 12.2 Å². The number of hydrogen-bond donors (Lipinski definition) is 1. The van der Waals surface area contributed by atoms with Crippen molar-refractivity contribution in [2.45, 2.75) is 19.4 Å². The molecule has 2 aromatic rings. The summed E-state index contributed by atoms with van der Waals surface area (Å²) in [5.74, 6) is -0.100. The fourth-order valence-electron chi connectivity index (χ4n) is 2.01. The maximum atomic E-state index is 13.5. The molecule has 4 heteroatoms. The first-order valence-corrected chi connectivity index (χ1v) is 6.35. The predicted molar refractivity (Wildman–Crippen MR) is 71.8 cm³/mol. The SMILES string of the molecule is CCCNC(c1ccoc1)c1ccc(F)c(OC)c1. The van der Waals surface area contributed by atoms with Gasteiger partial charge in [-0.1, -0.05) is 13.0 Å².